The first-order valence-corrected chi connectivity index (χ1v) is 11.0. The van der Waals surface area contributed by atoms with Crippen LogP contribution in [0.2, 0.25) is 0 Å². The van der Waals surface area contributed by atoms with Crippen LogP contribution in [0.5, 0.6) is 11.5 Å². The van der Waals surface area contributed by atoms with Crippen molar-refractivity contribution in [1.82, 2.24) is 4.90 Å². The van der Waals surface area contributed by atoms with E-state index in [1.807, 2.05) is 29.2 Å². The molecule has 6 nitrogen and oxygen atoms in total. The minimum absolute atomic E-state index is 0.204. The number of rotatable bonds is 7. The molecule has 0 unspecified atom stereocenters. The largest absolute Gasteiger partial charge is 0.454 e. The molecule has 6 heteroatoms. The van der Waals surface area contributed by atoms with Crippen LogP contribution in [0.1, 0.15) is 25.0 Å². The second-order valence-corrected chi connectivity index (χ2v) is 8.64. The lowest BCUT2D eigenvalue weighted by atomic mass is 10.1. The fraction of sp³-hybridized carbons (Fsp3) is 0.458. The smallest absolute Gasteiger partial charge is 0.278 e. The predicted molar refractivity (Wildman–Crippen MR) is 115 cm³/mol. The van der Waals surface area contributed by atoms with Crippen molar-refractivity contribution in [2.24, 2.45) is 0 Å². The van der Waals surface area contributed by atoms with E-state index in [2.05, 4.69) is 38.1 Å². The number of hydrogen-bond donors (Lipinski definition) is 2. The number of carbonyl (C=O) groups excluding carboxylic acids is 1. The summed E-state index contributed by atoms with van der Waals surface area (Å²) in [6.07, 6.45) is 0. The molecule has 0 spiro atoms. The summed E-state index contributed by atoms with van der Waals surface area (Å²) >= 11 is 0. The number of nitrogens with zero attached hydrogens (tertiary/aromatic N) is 1. The van der Waals surface area contributed by atoms with Gasteiger partial charge in [0.05, 0.1) is 0 Å². The fourth-order valence-electron chi connectivity index (χ4n) is 4.30. The molecule has 0 aliphatic carbocycles. The van der Waals surface area contributed by atoms with E-state index >= 15 is 0 Å². The van der Waals surface area contributed by atoms with Crippen LogP contribution in [0.25, 0.3) is 0 Å². The number of carbonyl (C=O) groups is 1. The summed E-state index contributed by atoms with van der Waals surface area (Å²) in [5, 5.41) is 0. The number of piperazine rings is 1. The molecule has 4 rings (SSSR count). The molecule has 0 radical (unpaired) electrons. The predicted octanol–water partition coefficient (Wildman–Crippen LogP) is 0.136. The van der Waals surface area contributed by atoms with E-state index in [0.29, 0.717) is 19.9 Å². The van der Waals surface area contributed by atoms with Gasteiger partial charge in [-0.05, 0) is 37.6 Å². The topological polar surface area (TPSA) is 47.7 Å². The molecule has 0 bridgehead atoms. The molecule has 30 heavy (non-hydrogen) atoms. The highest BCUT2D eigenvalue weighted by Crippen LogP contribution is 2.32. The quantitative estimate of drug-likeness (QED) is 0.681. The molecule has 0 atom stereocenters. The number of ether oxygens (including phenoxy) is 2. The lowest BCUT2D eigenvalue weighted by Crippen LogP contribution is -3.28. The molecular formula is C24H33N3O3+2. The maximum atomic E-state index is 13.0. The van der Waals surface area contributed by atoms with Crippen LogP contribution in [-0.4, -0.2) is 56.4 Å². The average molecular weight is 412 g/mol. The van der Waals surface area contributed by atoms with Crippen molar-refractivity contribution >= 4 is 5.91 Å². The summed E-state index contributed by atoms with van der Waals surface area (Å²) in [5.74, 6) is 1.95. The molecule has 2 aliphatic rings. The summed E-state index contributed by atoms with van der Waals surface area (Å²) in [4.78, 5) is 18.0. The van der Waals surface area contributed by atoms with Crippen molar-refractivity contribution in [2.45, 2.75) is 33.0 Å². The Labute approximate surface area is 179 Å². The van der Waals surface area contributed by atoms with E-state index in [0.717, 1.165) is 44.2 Å². The number of hydrogen-bond acceptors (Lipinski definition) is 3. The van der Waals surface area contributed by atoms with E-state index < -0.39 is 0 Å². The van der Waals surface area contributed by atoms with Crippen LogP contribution in [0.15, 0.2) is 48.5 Å². The van der Waals surface area contributed by atoms with Gasteiger partial charge in [-0.25, -0.2) is 0 Å². The Morgan fingerprint density at radius 1 is 0.933 bits per heavy atom. The van der Waals surface area contributed by atoms with Crippen molar-refractivity contribution in [2.75, 3.05) is 39.5 Å². The third-order valence-electron chi connectivity index (χ3n) is 6.10. The average Bonchev–Trinajstić information content (AvgIpc) is 3.22. The van der Waals surface area contributed by atoms with Crippen LogP contribution in [0.4, 0.5) is 0 Å². The van der Waals surface area contributed by atoms with Gasteiger partial charge < -0.3 is 24.2 Å². The van der Waals surface area contributed by atoms with Crippen LogP contribution in [0, 0.1) is 0 Å². The molecule has 2 aromatic rings. The van der Waals surface area contributed by atoms with Gasteiger partial charge in [0.15, 0.2) is 18.0 Å². The molecule has 2 aliphatic heterocycles. The molecule has 2 aromatic carbocycles. The summed E-state index contributed by atoms with van der Waals surface area (Å²) < 4.78 is 10.9. The van der Waals surface area contributed by atoms with Gasteiger partial charge in [0.1, 0.15) is 32.7 Å². The Balaban J connectivity index is 1.26. The number of quaternary nitrogens is 2. The van der Waals surface area contributed by atoms with E-state index in [9.17, 15) is 4.79 Å². The second kappa shape index (κ2) is 9.49. The van der Waals surface area contributed by atoms with Crippen LogP contribution in [-0.2, 0) is 17.9 Å². The van der Waals surface area contributed by atoms with Crippen molar-refractivity contribution in [3.8, 4) is 11.5 Å². The van der Waals surface area contributed by atoms with E-state index in [1.54, 1.807) is 4.90 Å². The molecular weight excluding hydrogens is 378 g/mol. The Hall–Kier alpha value is -2.57. The first-order valence-electron chi connectivity index (χ1n) is 11.0. The monoisotopic (exact) mass is 411 g/mol. The number of nitrogens with one attached hydrogen (secondary N) is 2. The third kappa shape index (κ3) is 5.12. The maximum absolute atomic E-state index is 13.0. The first kappa shape index (κ1) is 20.7. The zero-order valence-corrected chi connectivity index (χ0v) is 18.0. The zero-order valence-electron chi connectivity index (χ0n) is 18.0. The lowest BCUT2D eigenvalue weighted by molar-refractivity contribution is -1.02. The van der Waals surface area contributed by atoms with E-state index in [1.165, 1.54) is 16.0 Å². The summed E-state index contributed by atoms with van der Waals surface area (Å²) in [7, 11) is 0. The highest BCUT2D eigenvalue weighted by molar-refractivity contribution is 5.77. The van der Waals surface area contributed by atoms with Crippen molar-refractivity contribution in [3.05, 3.63) is 59.7 Å². The van der Waals surface area contributed by atoms with E-state index in [-0.39, 0.29) is 11.9 Å². The van der Waals surface area contributed by atoms with Gasteiger partial charge in [-0.1, -0.05) is 30.3 Å². The molecule has 2 heterocycles. The van der Waals surface area contributed by atoms with Crippen molar-refractivity contribution in [1.29, 1.82) is 0 Å². The Kier molecular flexibility index (Phi) is 6.55. The SMILES string of the molecule is CC(C)N(Cc1ccccc1)C(=O)C[NH+]1CC[NH+](Cc2ccc3c(c2)OCO3)CC1. The Morgan fingerprint density at radius 3 is 2.37 bits per heavy atom. The Bertz CT molecular complexity index is 848. The van der Waals surface area contributed by atoms with Gasteiger partial charge in [0.2, 0.25) is 6.79 Å². The van der Waals surface area contributed by atoms with Crippen LogP contribution >= 0.6 is 0 Å². The summed E-state index contributed by atoms with van der Waals surface area (Å²) in [6.45, 7) is 11.0. The van der Waals surface area contributed by atoms with Gasteiger partial charge in [-0.3, -0.25) is 4.79 Å². The van der Waals surface area contributed by atoms with Crippen molar-refractivity contribution in [3.63, 3.8) is 0 Å². The molecule has 1 saturated heterocycles. The van der Waals surface area contributed by atoms with Gasteiger partial charge in [-0.15, -0.1) is 0 Å². The standard InChI is InChI=1S/C24H31N3O3/c1-19(2)27(16-20-6-4-3-5-7-20)24(28)17-26-12-10-25(11-13-26)15-21-8-9-22-23(14-21)30-18-29-22/h3-9,14,19H,10-13,15-18H2,1-2H3/p+2. The maximum Gasteiger partial charge on any atom is 0.278 e. The van der Waals surface area contributed by atoms with Crippen LogP contribution in [0.3, 0.4) is 0 Å². The van der Waals surface area contributed by atoms with Gasteiger partial charge >= 0.3 is 0 Å². The number of amides is 1. The minimum Gasteiger partial charge on any atom is -0.454 e. The number of fused-ring (bicyclic) bond motifs is 1. The summed E-state index contributed by atoms with van der Waals surface area (Å²) in [6, 6.07) is 16.7. The normalized spacial score (nSPS) is 20.4. The second-order valence-electron chi connectivity index (χ2n) is 8.64. The first-order chi connectivity index (χ1) is 14.6. The molecule has 160 valence electrons. The van der Waals surface area contributed by atoms with Gasteiger partial charge in [-0.2, -0.15) is 0 Å². The third-order valence-corrected chi connectivity index (χ3v) is 6.10. The molecule has 2 N–H and O–H groups in total. The van der Waals surface area contributed by atoms with Gasteiger partial charge in [0, 0.05) is 18.2 Å². The molecule has 0 saturated carbocycles. The number of benzene rings is 2. The molecule has 0 aromatic heterocycles. The Morgan fingerprint density at radius 2 is 1.63 bits per heavy atom. The van der Waals surface area contributed by atoms with Crippen LogP contribution < -0.4 is 19.3 Å². The fourth-order valence-corrected chi connectivity index (χ4v) is 4.30. The highest BCUT2D eigenvalue weighted by atomic mass is 16.7. The zero-order chi connectivity index (χ0) is 20.9. The van der Waals surface area contributed by atoms with Crippen molar-refractivity contribution < 1.29 is 24.1 Å². The van der Waals surface area contributed by atoms with Gasteiger partial charge in [0.25, 0.3) is 5.91 Å². The molecule has 1 amide bonds. The van der Waals surface area contributed by atoms with E-state index in [4.69, 9.17) is 9.47 Å². The molecule has 1 fully saturated rings. The minimum atomic E-state index is 0.204. The highest BCUT2D eigenvalue weighted by Gasteiger charge is 2.28. The summed E-state index contributed by atoms with van der Waals surface area (Å²) in [5.41, 5.74) is 2.47. The lowest BCUT2D eigenvalue weighted by Gasteiger charge is -2.32.